The molecule has 49 heavy (non-hydrogen) atoms. The summed E-state index contributed by atoms with van der Waals surface area (Å²) in [7, 11) is -3.47. The predicted octanol–water partition coefficient (Wildman–Crippen LogP) is 8.34. The summed E-state index contributed by atoms with van der Waals surface area (Å²) < 4.78 is 29.1. The van der Waals surface area contributed by atoms with Gasteiger partial charge < -0.3 is 0 Å². The monoisotopic (exact) mass is 688 g/mol. The molecule has 0 spiro atoms. The van der Waals surface area contributed by atoms with Gasteiger partial charge in [-0.1, -0.05) is 0 Å². The van der Waals surface area contributed by atoms with Gasteiger partial charge in [-0.25, -0.2) is 0 Å². The molecular formula is C43H44F2N2P2. The molecule has 0 radical (unpaired) electrons. The van der Waals surface area contributed by atoms with Crippen LogP contribution in [0.5, 0.6) is 0 Å². The van der Waals surface area contributed by atoms with Gasteiger partial charge in [-0.15, -0.1) is 0 Å². The van der Waals surface area contributed by atoms with Crippen LogP contribution in [0.4, 0.5) is 31.5 Å². The molecule has 0 atom stereocenters. The fraction of sp³-hybridized carbons (Fsp3) is 0.163. The number of fused-ring (bicyclic) bond motifs is 4. The normalized spacial score (nSPS) is 16.0. The molecule has 6 aromatic carbocycles. The summed E-state index contributed by atoms with van der Waals surface area (Å²) in [6.07, 6.45) is 0. The van der Waals surface area contributed by atoms with Gasteiger partial charge in [0.05, 0.1) is 0 Å². The van der Waals surface area contributed by atoms with E-state index in [-0.39, 0.29) is 11.6 Å². The Labute approximate surface area is 290 Å². The van der Waals surface area contributed by atoms with Crippen molar-refractivity contribution in [3.05, 3.63) is 155 Å². The Hall–Kier alpha value is -4.36. The standard InChI is InChI=1S/C43H44F2N2P2/c1-28-10-22-40-36(24-28)46-37-25-29(2)11-23-41(37)49(7,35-18-14-33(45)15-19-35)43-27-31(4)9-21-39(43)47(5)38-20-8-30(3)26-42(38)48(40,6)34-16-12-32(44)13-17-34/h8-27,46,48-49H,1-7H3. The minimum absolute atomic E-state index is 0.239. The van der Waals surface area contributed by atoms with E-state index in [9.17, 15) is 8.78 Å². The van der Waals surface area contributed by atoms with Crippen molar-refractivity contribution in [2.75, 3.05) is 30.6 Å². The first kappa shape index (κ1) is 33.2. The summed E-state index contributed by atoms with van der Waals surface area (Å²) in [5.41, 5.74) is 9.03. The summed E-state index contributed by atoms with van der Waals surface area (Å²) in [5.74, 6) is -0.478. The summed E-state index contributed by atoms with van der Waals surface area (Å²) in [6.45, 7) is 13.4. The second-order valence-corrected chi connectivity index (χ2v) is 21.9. The van der Waals surface area contributed by atoms with E-state index in [1.807, 2.05) is 24.3 Å². The van der Waals surface area contributed by atoms with E-state index in [4.69, 9.17) is 0 Å². The van der Waals surface area contributed by atoms with Crippen LogP contribution in [-0.2, 0) is 0 Å². The van der Waals surface area contributed by atoms with Crippen molar-refractivity contribution in [1.82, 2.24) is 0 Å². The number of nitrogens with zero attached hydrogens (tertiary/aromatic N) is 1. The van der Waals surface area contributed by atoms with Crippen molar-refractivity contribution >= 4 is 69.1 Å². The Kier molecular flexibility index (Phi) is 8.46. The molecule has 1 aliphatic rings. The quantitative estimate of drug-likeness (QED) is 0.184. The Morgan fingerprint density at radius 3 is 1.18 bits per heavy atom. The number of hydrogen-bond donors (Lipinski definition) is 1. The zero-order valence-electron chi connectivity index (χ0n) is 29.3. The summed E-state index contributed by atoms with van der Waals surface area (Å²) in [6, 6.07) is 41.4. The van der Waals surface area contributed by atoms with E-state index < -0.39 is 14.5 Å². The molecule has 6 heteroatoms. The fourth-order valence-corrected chi connectivity index (χ4v) is 16.1. The molecular weight excluding hydrogens is 644 g/mol. The first-order chi connectivity index (χ1) is 23.4. The number of rotatable bonds is 2. The Morgan fingerprint density at radius 1 is 0.449 bits per heavy atom. The van der Waals surface area contributed by atoms with Crippen molar-refractivity contribution in [3.8, 4) is 0 Å². The summed E-state index contributed by atoms with van der Waals surface area (Å²) in [4.78, 5) is 2.36. The number of hydrogen-bond acceptors (Lipinski definition) is 2. The van der Waals surface area contributed by atoms with E-state index in [0.29, 0.717) is 0 Å². The van der Waals surface area contributed by atoms with Gasteiger partial charge in [-0.05, 0) is 0 Å². The molecule has 2 nitrogen and oxygen atoms in total. The van der Waals surface area contributed by atoms with Gasteiger partial charge >= 0.3 is 291 Å². The third-order valence-electron chi connectivity index (χ3n) is 10.6. The third kappa shape index (κ3) is 5.66. The number of halogens is 2. The number of anilines is 4. The van der Waals surface area contributed by atoms with Gasteiger partial charge in [-0.2, -0.15) is 0 Å². The van der Waals surface area contributed by atoms with Crippen molar-refractivity contribution in [1.29, 1.82) is 0 Å². The molecule has 0 aromatic heterocycles. The minimum atomic E-state index is -2.82. The molecule has 0 amide bonds. The molecule has 1 heterocycles. The van der Waals surface area contributed by atoms with Gasteiger partial charge in [0, 0.05) is 0 Å². The first-order valence-corrected chi connectivity index (χ1v) is 21.9. The van der Waals surface area contributed by atoms with Crippen molar-refractivity contribution in [3.63, 3.8) is 0 Å². The van der Waals surface area contributed by atoms with Crippen LogP contribution in [0.15, 0.2) is 121 Å². The van der Waals surface area contributed by atoms with Crippen LogP contribution in [-0.4, -0.2) is 20.4 Å². The maximum absolute atomic E-state index is 14.5. The number of aryl methyl sites for hydroxylation is 4. The Morgan fingerprint density at radius 2 is 0.796 bits per heavy atom. The molecule has 250 valence electrons. The molecule has 0 saturated heterocycles. The maximum atomic E-state index is 14.5. The molecule has 0 bridgehead atoms. The van der Waals surface area contributed by atoms with Crippen LogP contribution in [0.25, 0.3) is 0 Å². The van der Waals surface area contributed by atoms with Crippen molar-refractivity contribution < 1.29 is 8.78 Å². The van der Waals surface area contributed by atoms with Crippen LogP contribution < -0.4 is 42.0 Å². The molecule has 1 aliphatic heterocycles. The van der Waals surface area contributed by atoms with Crippen LogP contribution in [0.3, 0.4) is 0 Å². The second-order valence-electron chi connectivity index (χ2n) is 14.1. The average Bonchev–Trinajstić information content (AvgIpc) is 3.08. The van der Waals surface area contributed by atoms with Crippen LogP contribution in [0.2, 0.25) is 0 Å². The molecule has 0 saturated carbocycles. The van der Waals surface area contributed by atoms with Gasteiger partial charge in [0.1, 0.15) is 0 Å². The van der Waals surface area contributed by atoms with Crippen LogP contribution in [0.1, 0.15) is 22.3 Å². The number of nitrogens with one attached hydrogen (secondary N) is 1. The Balaban J connectivity index is 1.67. The van der Waals surface area contributed by atoms with E-state index in [1.165, 1.54) is 32.3 Å². The van der Waals surface area contributed by atoms with E-state index >= 15 is 0 Å². The van der Waals surface area contributed by atoms with E-state index in [2.05, 4.69) is 131 Å². The van der Waals surface area contributed by atoms with Gasteiger partial charge in [0.2, 0.25) is 0 Å². The third-order valence-corrected chi connectivity index (χ3v) is 19.6. The molecule has 6 aromatic rings. The first-order valence-electron chi connectivity index (χ1n) is 16.9. The average molecular weight is 689 g/mol. The number of benzene rings is 6. The zero-order valence-corrected chi connectivity index (χ0v) is 31.3. The topological polar surface area (TPSA) is 15.3 Å². The Bertz CT molecular complexity index is 2060. The fourth-order valence-electron chi connectivity index (χ4n) is 7.83. The van der Waals surface area contributed by atoms with Gasteiger partial charge in [-0.3, -0.25) is 0 Å². The van der Waals surface area contributed by atoms with Gasteiger partial charge in [0.25, 0.3) is 0 Å². The molecule has 0 unspecified atom stereocenters. The van der Waals surface area contributed by atoms with E-state index in [1.54, 1.807) is 24.3 Å². The molecule has 7 rings (SSSR count). The summed E-state index contributed by atoms with van der Waals surface area (Å²) in [5, 5.41) is 11.3. The molecule has 1 N–H and O–H groups in total. The van der Waals surface area contributed by atoms with E-state index in [0.717, 1.165) is 44.5 Å². The predicted molar refractivity (Wildman–Crippen MR) is 215 cm³/mol. The SMILES string of the molecule is Cc1ccc2c(c1)Nc1cc(C)ccc1[PH](C)(c1ccc(F)cc1)c1cc(C)ccc1N(C)c1ccc(C)cc1[PH]2(C)c1ccc(F)cc1. The van der Waals surface area contributed by atoms with Crippen molar-refractivity contribution in [2.24, 2.45) is 0 Å². The van der Waals surface area contributed by atoms with Crippen molar-refractivity contribution in [2.45, 2.75) is 27.7 Å². The summed E-state index contributed by atoms with van der Waals surface area (Å²) >= 11 is 0. The molecule has 0 fully saturated rings. The zero-order chi connectivity index (χ0) is 34.7. The second kappa shape index (κ2) is 12.5. The van der Waals surface area contributed by atoms with Crippen LogP contribution in [0, 0.1) is 39.3 Å². The van der Waals surface area contributed by atoms with Gasteiger partial charge in [0.15, 0.2) is 0 Å². The van der Waals surface area contributed by atoms with Crippen LogP contribution >= 0.6 is 14.5 Å². The molecule has 0 aliphatic carbocycles.